The Bertz CT molecular complexity index is 1090. The Morgan fingerprint density at radius 1 is 1.17 bits per heavy atom. The number of anilines is 1. The van der Waals surface area contributed by atoms with E-state index in [9.17, 15) is 17.6 Å². The van der Waals surface area contributed by atoms with Crippen LogP contribution in [0.3, 0.4) is 0 Å². The van der Waals surface area contributed by atoms with Crippen molar-refractivity contribution in [3.8, 4) is 11.3 Å². The van der Waals surface area contributed by atoms with Crippen LogP contribution < -0.4 is 10.9 Å². The summed E-state index contributed by atoms with van der Waals surface area (Å²) in [6.45, 7) is 4.68. The summed E-state index contributed by atoms with van der Waals surface area (Å²) in [5, 5.41) is 3.01. The van der Waals surface area contributed by atoms with Crippen molar-refractivity contribution in [1.82, 2.24) is 18.8 Å². The van der Waals surface area contributed by atoms with E-state index in [-0.39, 0.29) is 34.5 Å². The van der Waals surface area contributed by atoms with Crippen LogP contribution in [0.2, 0.25) is 0 Å². The number of nitrogens with zero attached hydrogens (tertiary/aromatic N) is 4. The fourth-order valence-corrected chi connectivity index (χ4v) is 5.57. The van der Waals surface area contributed by atoms with Crippen molar-refractivity contribution in [2.45, 2.75) is 56.9 Å². The Balaban J connectivity index is 1.48. The zero-order valence-electron chi connectivity index (χ0n) is 17.1. The van der Waals surface area contributed by atoms with Gasteiger partial charge >= 0.3 is 0 Å². The van der Waals surface area contributed by atoms with Crippen LogP contribution in [-0.4, -0.2) is 51.6 Å². The summed E-state index contributed by atoms with van der Waals surface area (Å²) in [5.74, 6) is -0.281. The quantitative estimate of drug-likeness (QED) is 0.748. The van der Waals surface area contributed by atoms with Crippen molar-refractivity contribution >= 4 is 16.0 Å². The average Bonchev–Trinajstić information content (AvgIpc) is 3.56. The van der Waals surface area contributed by atoms with Gasteiger partial charge in [-0.15, -0.1) is 0 Å². The van der Waals surface area contributed by atoms with Gasteiger partial charge in [-0.05, 0) is 45.6 Å². The number of nitrogens with one attached hydrogen (secondary N) is 1. The third kappa shape index (κ3) is 4.24. The van der Waals surface area contributed by atoms with Gasteiger partial charge in [0.05, 0.1) is 11.4 Å². The van der Waals surface area contributed by atoms with Gasteiger partial charge in [-0.1, -0.05) is 0 Å². The van der Waals surface area contributed by atoms with E-state index < -0.39 is 15.8 Å². The van der Waals surface area contributed by atoms with Crippen LogP contribution in [0.15, 0.2) is 29.3 Å². The molecule has 2 fully saturated rings. The number of halogens is 1. The third-order valence-corrected chi connectivity index (χ3v) is 8.00. The molecule has 2 aromatic heterocycles. The van der Waals surface area contributed by atoms with Gasteiger partial charge < -0.3 is 9.88 Å². The van der Waals surface area contributed by atoms with Gasteiger partial charge in [0.15, 0.2) is 5.82 Å². The van der Waals surface area contributed by atoms with E-state index in [4.69, 9.17) is 0 Å². The molecular weight excluding hydrogens is 409 g/mol. The van der Waals surface area contributed by atoms with Crippen molar-refractivity contribution in [1.29, 1.82) is 0 Å². The Hall–Kier alpha value is -2.33. The molecule has 2 aliphatic rings. The molecule has 1 aliphatic heterocycles. The van der Waals surface area contributed by atoms with Crippen LogP contribution in [-0.2, 0) is 10.0 Å². The van der Waals surface area contributed by atoms with E-state index in [0.29, 0.717) is 31.5 Å². The van der Waals surface area contributed by atoms with Gasteiger partial charge in [0.1, 0.15) is 5.69 Å². The molecule has 1 aliphatic carbocycles. The molecule has 0 amide bonds. The molecule has 0 radical (unpaired) electrons. The van der Waals surface area contributed by atoms with Gasteiger partial charge in [-0.3, -0.25) is 4.79 Å². The topological polar surface area (TPSA) is 97.2 Å². The van der Waals surface area contributed by atoms with E-state index in [2.05, 4.69) is 15.3 Å². The molecule has 1 saturated carbocycles. The van der Waals surface area contributed by atoms with Crippen LogP contribution >= 0.6 is 0 Å². The second kappa shape index (κ2) is 8.07. The van der Waals surface area contributed by atoms with Gasteiger partial charge in [-0.25, -0.2) is 27.1 Å². The number of hydrogen-bond acceptors (Lipinski definition) is 6. The van der Waals surface area contributed by atoms with E-state index in [1.807, 2.05) is 13.8 Å². The van der Waals surface area contributed by atoms with Crippen molar-refractivity contribution in [3.63, 3.8) is 0 Å². The lowest BCUT2D eigenvalue weighted by Gasteiger charge is -2.31. The Kier molecular flexibility index (Phi) is 5.63. The van der Waals surface area contributed by atoms with Crippen LogP contribution in [0.25, 0.3) is 11.3 Å². The van der Waals surface area contributed by atoms with E-state index >= 15 is 0 Å². The smallest absolute Gasteiger partial charge is 0.250 e. The number of pyridine rings is 1. The van der Waals surface area contributed by atoms with Crippen molar-refractivity contribution < 1.29 is 12.8 Å². The van der Waals surface area contributed by atoms with Crippen molar-refractivity contribution in [2.24, 2.45) is 0 Å². The minimum Gasteiger partial charge on any atom is -0.351 e. The second-order valence-corrected chi connectivity index (χ2v) is 10.4. The average molecular weight is 436 g/mol. The Labute approximate surface area is 175 Å². The highest BCUT2D eigenvalue weighted by Crippen LogP contribution is 2.32. The number of aromatic nitrogens is 3. The van der Waals surface area contributed by atoms with E-state index in [1.165, 1.54) is 10.6 Å². The summed E-state index contributed by atoms with van der Waals surface area (Å²) in [7, 11) is -3.15. The minimum atomic E-state index is -3.15. The summed E-state index contributed by atoms with van der Waals surface area (Å²) in [4.78, 5) is 20.3. The molecule has 2 aromatic rings. The first-order chi connectivity index (χ1) is 14.3. The van der Waals surface area contributed by atoms with Crippen LogP contribution in [0.4, 0.5) is 10.3 Å². The molecule has 1 saturated heterocycles. The predicted octanol–water partition coefficient (Wildman–Crippen LogP) is 2.39. The maximum atomic E-state index is 14.4. The Morgan fingerprint density at radius 2 is 1.87 bits per heavy atom. The monoisotopic (exact) mass is 435 g/mol. The molecule has 4 rings (SSSR count). The van der Waals surface area contributed by atoms with Crippen LogP contribution in [0, 0.1) is 5.82 Å². The molecule has 10 heteroatoms. The maximum absolute atomic E-state index is 14.4. The highest BCUT2D eigenvalue weighted by molar-refractivity contribution is 7.90. The van der Waals surface area contributed by atoms with Gasteiger partial charge in [0.2, 0.25) is 16.0 Å². The number of piperidine rings is 1. The van der Waals surface area contributed by atoms with E-state index in [0.717, 1.165) is 19.0 Å². The molecule has 0 spiro atoms. The Morgan fingerprint density at radius 3 is 2.50 bits per heavy atom. The number of sulfonamides is 1. The molecular formula is C20H26FN5O3S. The second-order valence-electron chi connectivity index (χ2n) is 8.21. The summed E-state index contributed by atoms with van der Waals surface area (Å²) in [6, 6.07) is 2.91. The molecule has 0 atom stereocenters. The largest absolute Gasteiger partial charge is 0.351 e. The maximum Gasteiger partial charge on any atom is 0.250 e. The summed E-state index contributed by atoms with van der Waals surface area (Å²) in [6.07, 6.45) is 5.51. The fraction of sp³-hybridized carbons (Fsp3) is 0.550. The summed E-state index contributed by atoms with van der Waals surface area (Å²) >= 11 is 0. The zero-order chi connectivity index (χ0) is 21.5. The molecule has 0 aromatic carbocycles. The van der Waals surface area contributed by atoms with Crippen molar-refractivity contribution in [2.75, 3.05) is 18.4 Å². The van der Waals surface area contributed by atoms with E-state index in [1.54, 1.807) is 16.6 Å². The molecule has 30 heavy (non-hydrogen) atoms. The SMILES string of the molecule is CC(C)n1cc(-c2nc(NC3CCN(S(=O)(=O)C4CC4)CC3)ncc2F)ccc1=O. The molecule has 3 heterocycles. The fourth-order valence-electron chi connectivity index (χ4n) is 3.70. The first-order valence-corrected chi connectivity index (χ1v) is 11.8. The first kappa shape index (κ1) is 20.9. The third-order valence-electron chi connectivity index (χ3n) is 5.60. The predicted molar refractivity (Wildman–Crippen MR) is 112 cm³/mol. The van der Waals surface area contributed by atoms with Crippen molar-refractivity contribution in [3.05, 3.63) is 40.7 Å². The van der Waals surface area contributed by atoms with Crippen LogP contribution in [0.1, 0.15) is 45.6 Å². The number of hydrogen-bond donors (Lipinski definition) is 1. The van der Waals surface area contributed by atoms with Crippen LogP contribution in [0.5, 0.6) is 0 Å². The van der Waals surface area contributed by atoms with Gasteiger partial charge in [-0.2, -0.15) is 0 Å². The summed E-state index contributed by atoms with van der Waals surface area (Å²) < 4.78 is 42.3. The summed E-state index contributed by atoms with van der Waals surface area (Å²) in [5.41, 5.74) is 0.460. The van der Waals surface area contributed by atoms with Gasteiger partial charge in [0, 0.05) is 43.0 Å². The first-order valence-electron chi connectivity index (χ1n) is 10.3. The zero-order valence-corrected chi connectivity index (χ0v) is 17.9. The normalized spacial score (nSPS) is 18.7. The molecule has 8 nitrogen and oxygen atoms in total. The number of rotatable bonds is 6. The standard InChI is InChI=1S/C20H26FN5O3S/c1-13(2)26-12-14(3-6-18(26)27)19-17(21)11-22-20(24-19)23-15-7-9-25(10-8-15)30(28,29)16-4-5-16/h3,6,11-13,15-16H,4-5,7-10H2,1-2H3,(H,22,23,24). The molecule has 0 bridgehead atoms. The molecule has 0 unspecified atom stereocenters. The highest BCUT2D eigenvalue weighted by atomic mass is 32.2. The van der Waals surface area contributed by atoms with Gasteiger partial charge in [0.25, 0.3) is 5.56 Å². The lowest BCUT2D eigenvalue weighted by Crippen LogP contribution is -2.43. The highest BCUT2D eigenvalue weighted by Gasteiger charge is 2.41. The minimum absolute atomic E-state index is 0.0126. The lowest BCUT2D eigenvalue weighted by atomic mass is 10.1. The molecule has 162 valence electrons. The lowest BCUT2D eigenvalue weighted by molar-refractivity contribution is 0.328. The molecule has 1 N–H and O–H groups in total.